The number of rotatable bonds is 5. The molecule has 1 heterocycles. The van der Waals surface area contributed by atoms with Crippen LogP contribution in [0.3, 0.4) is 0 Å². The van der Waals surface area contributed by atoms with Crippen LogP contribution in [0.1, 0.15) is 56.6 Å². The van der Waals surface area contributed by atoms with Crippen LogP contribution in [0.25, 0.3) is 0 Å². The zero-order chi connectivity index (χ0) is 13.9. The smallest absolute Gasteiger partial charge is 0.162 e. The van der Waals surface area contributed by atoms with Gasteiger partial charge in [-0.2, -0.15) is 0 Å². The number of nitrogens with one attached hydrogen (secondary N) is 1. The molecule has 0 unspecified atom stereocenters. The number of hydrogen-bond acceptors (Lipinski definition) is 4. The molecule has 1 aromatic rings. The first-order valence-corrected chi connectivity index (χ1v) is 7.34. The molecular formula is C15H25N3O. The third kappa shape index (κ3) is 2.59. The van der Waals surface area contributed by atoms with Gasteiger partial charge < -0.3 is 10.1 Å². The second-order valence-electron chi connectivity index (χ2n) is 5.25. The summed E-state index contributed by atoms with van der Waals surface area (Å²) in [6, 6.07) is 0. The van der Waals surface area contributed by atoms with Crippen LogP contribution in [0.5, 0.6) is 0 Å². The summed E-state index contributed by atoms with van der Waals surface area (Å²) in [5, 5.41) is 3.37. The second kappa shape index (κ2) is 5.87. The summed E-state index contributed by atoms with van der Waals surface area (Å²) in [4.78, 5) is 9.51. The van der Waals surface area contributed by atoms with Gasteiger partial charge in [-0.15, -0.1) is 0 Å². The van der Waals surface area contributed by atoms with Gasteiger partial charge in [-0.1, -0.05) is 6.92 Å². The van der Waals surface area contributed by atoms with Crippen LogP contribution < -0.4 is 5.32 Å². The number of anilines is 1. The zero-order valence-electron chi connectivity index (χ0n) is 12.5. The van der Waals surface area contributed by atoms with Crippen molar-refractivity contribution in [3.63, 3.8) is 0 Å². The van der Waals surface area contributed by atoms with E-state index in [0.29, 0.717) is 0 Å². The molecule has 4 heteroatoms. The lowest BCUT2D eigenvalue weighted by molar-refractivity contribution is -0.0163. The maximum atomic E-state index is 5.79. The minimum Gasteiger partial charge on any atom is -0.370 e. The van der Waals surface area contributed by atoms with Gasteiger partial charge in [-0.05, 0) is 46.0 Å². The third-order valence-corrected chi connectivity index (χ3v) is 4.12. The number of hydrogen-bond donors (Lipinski definition) is 1. The highest BCUT2D eigenvalue weighted by Crippen LogP contribution is 2.40. The minimum atomic E-state index is -0.263. The van der Waals surface area contributed by atoms with Crippen LogP contribution in [0, 0.1) is 6.92 Å². The van der Waals surface area contributed by atoms with E-state index in [1.54, 1.807) is 7.11 Å². The van der Waals surface area contributed by atoms with E-state index in [1.165, 1.54) is 18.4 Å². The largest absolute Gasteiger partial charge is 0.370 e. The van der Waals surface area contributed by atoms with Crippen LogP contribution in [0.15, 0.2) is 0 Å². The van der Waals surface area contributed by atoms with Crippen molar-refractivity contribution in [3.8, 4) is 0 Å². The number of aryl methyl sites for hydroxylation is 1. The summed E-state index contributed by atoms with van der Waals surface area (Å²) in [6.45, 7) is 7.19. The predicted octanol–water partition coefficient (Wildman–Crippen LogP) is 3.19. The Kier molecular flexibility index (Phi) is 4.40. The Morgan fingerprint density at radius 3 is 2.42 bits per heavy atom. The first kappa shape index (κ1) is 14.3. The zero-order valence-corrected chi connectivity index (χ0v) is 12.5. The summed E-state index contributed by atoms with van der Waals surface area (Å²) in [6.07, 6.45) is 5.40. The van der Waals surface area contributed by atoms with Gasteiger partial charge in [0.05, 0.1) is 0 Å². The first-order chi connectivity index (χ1) is 9.16. The normalized spacial score (nSPS) is 17.7. The highest BCUT2D eigenvalue weighted by molar-refractivity contribution is 5.47. The fraction of sp³-hybridized carbons (Fsp3) is 0.733. The lowest BCUT2D eigenvalue weighted by Gasteiger charge is -2.27. The quantitative estimate of drug-likeness (QED) is 0.886. The molecule has 0 amide bonds. The van der Waals surface area contributed by atoms with Gasteiger partial charge in [0, 0.05) is 24.9 Å². The topological polar surface area (TPSA) is 47.0 Å². The van der Waals surface area contributed by atoms with Crippen molar-refractivity contribution in [2.45, 2.75) is 58.5 Å². The molecule has 0 aliphatic heterocycles. The summed E-state index contributed by atoms with van der Waals surface area (Å²) in [5.41, 5.74) is 2.03. The summed E-state index contributed by atoms with van der Waals surface area (Å²) < 4.78 is 5.79. The average Bonchev–Trinajstić information content (AvgIpc) is 2.89. The van der Waals surface area contributed by atoms with Crippen molar-refractivity contribution in [3.05, 3.63) is 17.1 Å². The van der Waals surface area contributed by atoms with Crippen LogP contribution in [0.2, 0.25) is 0 Å². The van der Waals surface area contributed by atoms with Gasteiger partial charge in [0.2, 0.25) is 0 Å². The van der Waals surface area contributed by atoms with Crippen LogP contribution in [0.4, 0.5) is 5.82 Å². The van der Waals surface area contributed by atoms with Gasteiger partial charge in [-0.25, -0.2) is 9.97 Å². The highest BCUT2D eigenvalue weighted by Gasteiger charge is 2.39. The Bertz CT molecular complexity index is 439. The van der Waals surface area contributed by atoms with Gasteiger partial charge in [-0.3, -0.25) is 0 Å². The van der Waals surface area contributed by atoms with Crippen molar-refractivity contribution in [2.75, 3.05) is 19.0 Å². The van der Waals surface area contributed by atoms with E-state index in [1.807, 2.05) is 0 Å². The predicted molar refractivity (Wildman–Crippen MR) is 77.5 cm³/mol. The molecule has 1 aliphatic carbocycles. The molecule has 0 atom stereocenters. The second-order valence-corrected chi connectivity index (χ2v) is 5.25. The van der Waals surface area contributed by atoms with Gasteiger partial charge in [0.25, 0.3) is 0 Å². The molecule has 1 fully saturated rings. The van der Waals surface area contributed by atoms with Crippen LogP contribution in [-0.4, -0.2) is 23.6 Å². The van der Waals surface area contributed by atoms with Crippen molar-refractivity contribution >= 4 is 5.82 Å². The lowest BCUT2D eigenvalue weighted by Crippen LogP contribution is -2.28. The molecule has 4 nitrogen and oxygen atoms in total. The Balaban J connectivity index is 2.46. The van der Waals surface area contributed by atoms with Crippen LogP contribution >= 0.6 is 0 Å². The van der Waals surface area contributed by atoms with Crippen LogP contribution in [-0.2, 0) is 16.8 Å². The van der Waals surface area contributed by atoms with Gasteiger partial charge in [0.1, 0.15) is 11.4 Å². The molecule has 0 bridgehead atoms. The Morgan fingerprint density at radius 1 is 1.21 bits per heavy atom. The number of aromatic nitrogens is 2. The molecule has 0 radical (unpaired) electrons. The molecule has 19 heavy (non-hydrogen) atoms. The highest BCUT2D eigenvalue weighted by atomic mass is 16.5. The average molecular weight is 263 g/mol. The Morgan fingerprint density at radius 2 is 1.89 bits per heavy atom. The van der Waals surface area contributed by atoms with Crippen molar-refractivity contribution in [1.29, 1.82) is 0 Å². The molecule has 1 aromatic heterocycles. The maximum absolute atomic E-state index is 5.79. The van der Waals surface area contributed by atoms with Gasteiger partial charge >= 0.3 is 0 Å². The molecule has 1 saturated carbocycles. The Labute approximate surface area is 116 Å². The number of nitrogens with zero attached hydrogens (tertiary/aromatic N) is 2. The fourth-order valence-corrected chi connectivity index (χ4v) is 3.00. The SMILES string of the molecule is CCNc1nc(C2(OC)CCCC2)nc(C)c1CC. The summed E-state index contributed by atoms with van der Waals surface area (Å²) in [7, 11) is 1.78. The van der Waals surface area contributed by atoms with E-state index < -0.39 is 0 Å². The molecule has 106 valence electrons. The Hall–Kier alpha value is -1.16. The van der Waals surface area contributed by atoms with Gasteiger partial charge in [0.15, 0.2) is 5.82 Å². The van der Waals surface area contributed by atoms with Crippen molar-refractivity contribution in [1.82, 2.24) is 9.97 Å². The molecule has 1 aliphatic rings. The first-order valence-electron chi connectivity index (χ1n) is 7.34. The monoisotopic (exact) mass is 263 g/mol. The minimum absolute atomic E-state index is 0.263. The van der Waals surface area contributed by atoms with E-state index in [2.05, 4.69) is 26.1 Å². The molecule has 0 saturated heterocycles. The summed E-state index contributed by atoms with van der Waals surface area (Å²) >= 11 is 0. The molecular weight excluding hydrogens is 238 g/mol. The van der Waals surface area contributed by atoms with E-state index in [4.69, 9.17) is 14.7 Å². The fourth-order valence-electron chi connectivity index (χ4n) is 3.00. The van der Waals surface area contributed by atoms with E-state index in [-0.39, 0.29) is 5.60 Å². The lowest BCUT2D eigenvalue weighted by atomic mass is 10.00. The molecule has 2 rings (SSSR count). The van der Waals surface area contributed by atoms with Crippen molar-refractivity contribution in [2.24, 2.45) is 0 Å². The molecule has 1 N–H and O–H groups in total. The molecule has 0 aromatic carbocycles. The van der Waals surface area contributed by atoms with Crippen molar-refractivity contribution < 1.29 is 4.74 Å². The van der Waals surface area contributed by atoms with E-state index >= 15 is 0 Å². The third-order valence-electron chi connectivity index (χ3n) is 4.12. The summed E-state index contributed by atoms with van der Waals surface area (Å²) in [5.74, 6) is 1.84. The standard InChI is InChI=1S/C15H25N3O/c1-5-12-11(3)17-14(18-13(12)16-6-2)15(19-4)9-7-8-10-15/h5-10H2,1-4H3,(H,16,17,18). The van der Waals surface area contributed by atoms with E-state index in [9.17, 15) is 0 Å². The molecule has 0 spiro atoms. The maximum Gasteiger partial charge on any atom is 0.162 e. The number of methoxy groups -OCH3 is 1. The van der Waals surface area contributed by atoms with E-state index in [0.717, 1.165) is 43.1 Å². The number of ether oxygens (including phenoxy) is 1.